The van der Waals surface area contributed by atoms with E-state index in [2.05, 4.69) is 5.32 Å². The van der Waals surface area contributed by atoms with Gasteiger partial charge in [0.2, 0.25) is 0 Å². The lowest BCUT2D eigenvalue weighted by Gasteiger charge is -2.33. The summed E-state index contributed by atoms with van der Waals surface area (Å²) in [5.74, 6) is 0. The molecule has 1 heterocycles. The monoisotopic (exact) mass is 226 g/mol. The number of carbonyl (C=O) groups is 1. The fourth-order valence-corrected chi connectivity index (χ4v) is 2.83. The Bertz CT molecular complexity index is 239. The summed E-state index contributed by atoms with van der Waals surface area (Å²) in [6, 6.07) is 1.15. The summed E-state index contributed by atoms with van der Waals surface area (Å²) in [6.45, 7) is 1.65. The maximum atomic E-state index is 11.4. The molecule has 0 aromatic heterocycles. The number of nitrogens with one attached hydrogen (secondary N) is 1. The predicted molar refractivity (Wildman–Crippen MR) is 62.4 cm³/mol. The van der Waals surface area contributed by atoms with E-state index in [1.54, 1.807) is 0 Å². The summed E-state index contributed by atoms with van der Waals surface area (Å²) >= 11 is 0. The second-order valence-electron chi connectivity index (χ2n) is 4.90. The number of nitrogens with zero attached hydrogens (tertiary/aromatic N) is 1. The first-order valence-electron chi connectivity index (χ1n) is 6.38. The zero-order chi connectivity index (χ0) is 11.4. The Morgan fingerprint density at radius 2 is 1.88 bits per heavy atom. The maximum Gasteiger partial charge on any atom is 0.409 e. The Labute approximate surface area is 97.3 Å². The molecule has 2 rings (SSSR count). The lowest BCUT2D eigenvalue weighted by molar-refractivity contribution is 0.106. The van der Waals surface area contributed by atoms with Crippen molar-refractivity contribution in [1.29, 1.82) is 0 Å². The second-order valence-corrected chi connectivity index (χ2v) is 4.90. The molecule has 0 spiro atoms. The van der Waals surface area contributed by atoms with Gasteiger partial charge in [-0.25, -0.2) is 4.79 Å². The number of piperidine rings is 1. The molecule has 4 heteroatoms. The van der Waals surface area contributed by atoms with E-state index in [0.29, 0.717) is 12.1 Å². The molecule has 1 aliphatic heterocycles. The Kier molecular flexibility index (Phi) is 4.04. The van der Waals surface area contributed by atoms with Crippen LogP contribution in [0.2, 0.25) is 0 Å². The van der Waals surface area contributed by atoms with Gasteiger partial charge in [-0.3, -0.25) is 0 Å². The largest absolute Gasteiger partial charge is 0.453 e. The van der Waals surface area contributed by atoms with Crippen molar-refractivity contribution in [3.05, 3.63) is 0 Å². The number of hydrogen-bond donors (Lipinski definition) is 1. The highest BCUT2D eigenvalue weighted by molar-refractivity contribution is 5.67. The van der Waals surface area contributed by atoms with Gasteiger partial charge in [0, 0.05) is 25.2 Å². The minimum atomic E-state index is -0.182. The first-order chi connectivity index (χ1) is 7.79. The zero-order valence-corrected chi connectivity index (χ0v) is 10.1. The molecule has 0 aromatic rings. The standard InChI is InChI=1S/C12H22N2O2/c1-16-12(15)14-8-4-7-11(9-14)13-10-5-2-3-6-10/h10-11,13H,2-9H2,1H3. The number of rotatable bonds is 2. The van der Waals surface area contributed by atoms with Crippen molar-refractivity contribution >= 4 is 6.09 Å². The van der Waals surface area contributed by atoms with Gasteiger partial charge in [0.05, 0.1) is 7.11 Å². The topological polar surface area (TPSA) is 41.6 Å². The fourth-order valence-electron chi connectivity index (χ4n) is 2.83. The average Bonchev–Trinajstić information content (AvgIpc) is 2.81. The van der Waals surface area contributed by atoms with Gasteiger partial charge in [-0.2, -0.15) is 0 Å². The van der Waals surface area contributed by atoms with E-state index in [1.807, 2.05) is 4.90 Å². The average molecular weight is 226 g/mol. The molecule has 1 unspecified atom stereocenters. The predicted octanol–water partition coefficient (Wildman–Crippen LogP) is 1.75. The lowest BCUT2D eigenvalue weighted by Crippen LogP contribution is -2.50. The van der Waals surface area contributed by atoms with Crippen molar-refractivity contribution in [1.82, 2.24) is 10.2 Å². The van der Waals surface area contributed by atoms with Gasteiger partial charge in [-0.1, -0.05) is 12.8 Å². The van der Waals surface area contributed by atoms with Crippen LogP contribution in [0.15, 0.2) is 0 Å². The second kappa shape index (κ2) is 5.53. The van der Waals surface area contributed by atoms with E-state index in [9.17, 15) is 4.79 Å². The molecule has 1 aliphatic carbocycles. The molecule has 4 nitrogen and oxygen atoms in total. The molecule has 1 N–H and O–H groups in total. The van der Waals surface area contributed by atoms with Crippen LogP contribution in [0.5, 0.6) is 0 Å². The minimum Gasteiger partial charge on any atom is -0.453 e. The molecule has 0 aromatic carbocycles. The summed E-state index contributed by atoms with van der Waals surface area (Å²) in [5.41, 5.74) is 0. The third-order valence-electron chi connectivity index (χ3n) is 3.68. The highest BCUT2D eigenvalue weighted by Gasteiger charge is 2.26. The van der Waals surface area contributed by atoms with Crippen LogP contribution in [0.4, 0.5) is 4.79 Å². The van der Waals surface area contributed by atoms with Gasteiger partial charge >= 0.3 is 6.09 Å². The summed E-state index contributed by atoms with van der Waals surface area (Å²) < 4.78 is 4.77. The molecule has 92 valence electrons. The fraction of sp³-hybridized carbons (Fsp3) is 0.917. The smallest absolute Gasteiger partial charge is 0.409 e. The van der Waals surface area contributed by atoms with Crippen molar-refractivity contribution in [2.75, 3.05) is 20.2 Å². The number of likely N-dealkylation sites (tertiary alicyclic amines) is 1. The quantitative estimate of drug-likeness (QED) is 0.780. The SMILES string of the molecule is COC(=O)N1CCCC(NC2CCCC2)C1. The van der Waals surface area contributed by atoms with Gasteiger partial charge < -0.3 is 15.0 Å². The number of hydrogen-bond acceptors (Lipinski definition) is 3. The summed E-state index contributed by atoms with van der Waals surface area (Å²) in [4.78, 5) is 13.2. The van der Waals surface area contributed by atoms with E-state index in [0.717, 1.165) is 19.5 Å². The van der Waals surface area contributed by atoms with E-state index in [1.165, 1.54) is 39.2 Å². The molecule has 1 atom stereocenters. The van der Waals surface area contributed by atoms with Gasteiger partial charge in [0.15, 0.2) is 0 Å². The first kappa shape index (κ1) is 11.7. The lowest BCUT2D eigenvalue weighted by atomic mass is 10.0. The third-order valence-corrected chi connectivity index (χ3v) is 3.68. The molecule has 2 fully saturated rings. The Morgan fingerprint density at radius 1 is 1.19 bits per heavy atom. The maximum absolute atomic E-state index is 11.4. The highest BCUT2D eigenvalue weighted by atomic mass is 16.5. The highest BCUT2D eigenvalue weighted by Crippen LogP contribution is 2.20. The number of ether oxygens (including phenoxy) is 1. The molecule has 2 aliphatic rings. The van der Waals surface area contributed by atoms with Crippen molar-refractivity contribution in [3.63, 3.8) is 0 Å². The minimum absolute atomic E-state index is 0.182. The van der Waals surface area contributed by atoms with Crippen molar-refractivity contribution < 1.29 is 9.53 Å². The van der Waals surface area contributed by atoms with Crippen LogP contribution in [0.1, 0.15) is 38.5 Å². The summed E-state index contributed by atoms with van der Waals surface area (Å²) in [5, 5.41) is 3.68. The van der Waals surface area contributed by atoms with E-state index in [-0.39, 0.29) is 6.09 Å². The summed E-state index contributed by atoms with van der Waals surface area (Å²) in [6.07, 6.45) is 7.39. The van der Waals surface area contributed by atoms with E-state index < -0.39 is 0 Å². The molecule has 1 amide bonds. The zero-order valence-electron chi connectivity index (χ0n) is 10.1. The molecule has 1 saturated heterocycles. The van der Waals surface area contributed by atoms with Crippen molar-refractivity contribution in [2.45, 2.75) is 50.6 Å². The summed E-state index contributed by atoms with van der Waals surface area (Å²) in [7, 11) is 1.45. The Hall–Kier alpha value is -0.770. The van der Waals surface area contributed by atoms with Crippen LogP contribution in [-0.4, -0.2) is 43.3 Å². The normalized spacial score (nSPS) is 27.1. The first-order valence-corrected chi connectivity index (χ1v) is 6.38. The number of carbonyl (C=O) groups excluding carboxylic acids is 1. The van der Waals surface area contributed by atoms with Gasteiger partial charge in [-0.15, -0.1) is 0 Å². The molecular weight excluding hydrogens is 204 g/mol. The van der Waals surface area contributed by atoms with Crippen LogP contribution in [-0.2, 0) is 4.74 Å². The molecule has 0 bridgehead atoms. The number of methoxy groups -OCH3 is 1. The van der Waals surface area contributed by atoms with Crippen molar-refractivity contribution in [2.24, 2.45) is 0 Å². The van der Waals surface area contributed by atoms with E-state index in [4.69, 9.17) is 4.74 Å². The molecular formula is C12H22N2O2. The molecule has 16 heavy (non-hydrogen) atoms. The van der Waals surface area contributed by atoms with Crippen LogP contribution in [0.25, 0.3) is 0 Å². The van der Waals surface area contributed by atoms with Crippen LogP contribution in [0, 0.1) is 0 Å². The molecule has 0 radical (unpaired) electrons. The Morgan fingerprint density at radius 3 is 2.56 bits per heavy atom. The van der Waals surface area contributed by atoms with Gasteiger partial charge in [0.1, 0.15) is 0 Å². The Balaban J connectivity index is 1.79. The van der Waals surface area contributed by atoms with Crippen molar-refractivity contribution in [3.8, 4) is 0 Å². The van der Waals surface area contributed by atoms with Gasteiger partial charge in [0.25, 0.3) is 0 Å². The van der Waals surface area contributed by atoms with Gasteiger partial charge in [-0.05, 0) is 25.7 Å². The third kappa shape index (κ3) is 2.88. The number of amides is 1. The van der Waals surface area contributed by atoms with E-state index >= 15 is 0 Å². The van der Waals surface area contributed by atoms with Crippen LogP contribution < -0.4 is 5.32 Å². The van der Waals surface area contributed by atoms with Crippen LogP contribution >= 0.6 is 0 Å². The molecule has 1 saturated carbocycles. The van der Waals surface area contributed by atoms with Crippen LogP contribution in [0.3, 0.4) is 0 Å².